The molecule has 0 aliphatic rings. The summed E-state index contributed by atoms with van der Waals surface area (Å²) in [5.41, 5.74) is 5.05. The lowest BCUT2D eigenvalue weighted by atomic mass is 10.1. The monoisotopic (exact) mass is 549 g/mol. The highest BCUT2D eigenvalue weighted by Crippen LogP contribution is 2.29. The first-order chi connectivity index (χ1) is 15.0. The summed E-state index contributed by atoms with van der Waals surface area (Å²) in [6.45, 7) is 8.00. The third kappa shape index (κ3) is 6.38. The lowest BCUT2D eigenvalue weighted by Crippen LogP contribution is -2.38. The number of para-hydroxylation sites is 2. The van der Waals surface area contributed by atoms with E-state index in [-0.39, 0.29) is 29.7 Å². The van der Waals surface area contributed by atoms with E-state index in [1.165, 1.54) is 0 Å². The Bertz CT molecular complexity index is 1050. The number of halogens is 1. The number of benzene rings is 2. The lowest BCUT2D eigenvalue weighted by Gasteiger charge is -2.14. The lowest BCUT2D eigenvalue weighted by molar-refractivity contribution is 0.370. The molecule has 0 fully saturated rings. The van der Waals surface area contributed by atoms with Crippen LogP contribution in [0.3, 0.4) is 0 Å². The van der Waals surface area contributed by atoms with E-state index in [9.17, 15) is 5.11 Å². The molecule has 8 heteroatoms. The molecule has 0 bridgehead atoms. The van der Waals surface area contributed by atoms with E-state index in [1.807, 2.05) is 42.8 Å². The number of nitrogens with one attached hydrogen (secondary N) is 2. The number of methoxy groups -OCH3 is 1. The van der Waals surface area contributed by atoms with Crippen LogP contribution in [0.2, 0.25) is 0 Å². The summed E-state index contributed by atoms with van der Waals surface area (Å²) in [6.07, 6.45) is 0.649. The van der Waals surface area contributed by atoms with Crippen molar-refractivity contribution in [2.75, 3.05) is 20.2 Å². The van der Waals surface area contributed by atoms with E-state index in [0.717, 1.165) is 40.7 Å². The van der Waals surface area contributed by atoms with Gasteiger partial charge in [0, 0.05) is 18.8 Å². The Balaban J connectivity index is 0.00000363. The first-order valence-corrected chi connectivity index (χ1v) is 10.5. The number of phenols is 1. The minimum Gasteiger partial charge on any atom is -0.504 e. The molecule has 0 atom stereocenters. The molecule has 0 unspecified atom stereocenters. The third-order valence-electron chi connectivity index (χ3n) is 4.97. The summed E-state index contributed by atoms with van der Waals surface area (Å²) < 4.78 is 7.15. The molecule has 0 aliphatic heterocycles. The predicted octanol–water partition coefficient (Wildman–Crippen LogP) is 4.12. The zero-order chi connectivity index (χ0) is 22.2. The van der Waals surface area contributed by atoms with Crippen molar-refractivity contribution >= 4 is 29.9 Å². The summed E-state index contributed by atoms with van der Waals surface area (Å²) in [5.74, 6) is 1.40. The van der Waals surface area contributed by atoms with Crippen LogP contribution in [0.1, 0.15) is 29.4 Å². The smallest absolute Gasteiger partial charge is 0.191 e. The summed E-state index contributed by atoms with van der Waals surface area (Å²) in [6, 6.07) is 15.8. The topological polar surface area (TPSA) is 83.7 Å². The average Bonchev–Trinajstić information content (AvgIpc) is 3.11. The standard InChI is InChI=1S/C24H31N5O2.HI/c1-5-25-24(26-14-13-19-10-8-12-22(31-4)23(19)30)27-16-20-9-6-7-11-21(20)29-18(3)15-17(2)28-29;/h6-12,15,30H,5,13-14,16H2,1-4H3,(H2,25,26,27);1H. The van der Waals surface area contributed by atoms with Gasteiger partial charge in [-0.1, -0.05) is 30.3 Å². The molecular weight excluding hydrogens is 517 g/mol. The number of aliphatic imine (C=N–C) groups is 1. The van der Waals surface area contributed by atoms with Crippen molar-refractivity contribution in [3.8, 4) is 17.2 Å². The predicted molar refractivity (Wildman–Crippen MR) is 140 cm³/mol. The number of aryl methyl sites for hydroxylation is 2. The third-order valence-corrected chi connectivity index (χ3v) is 4.97. The number of hydrogen-bond acceptors (Lipinski definition) is 4. The van der Waals surface area contributed by atoms with E-state index in [1.54, 1.807) is 13.2 Å². The molecule has 2 aromatic carbocycles. The Labute approximate surface area is 206 Å². The molecule has 0 saturated carbocycles. The molecule has 0 radical (unpaired) electrons. The van der Waals surface area contributed by atoms with E-state index in [2.05, 4.69) is 40.9 Å². The average molecular weight is 549 g/mol. The van der Waals surface area contributed by atoms with Gasteiger partial charge in [0.2, 0.25) is 0 Å². The van der Waals surface area contributed by atoms with Crippen molar-refractivity contribution in [3.63, 3.8) is 0 Å². The number of aromatic hydroxyl groups is 1. The van der Waals surface area contributed by atoms with Crippen LogP contribution in [0, 0.1) is 13.8 Å². The molecule has 3 aromatic rings. The molecule has 3 rings (SSSR count). The second kappa shape index (κ2) is 12.3. The minimum atomic E-state index is 0. The van der Waals surface area contributed by atoms with Gasteiger partial charge in [-0.3, -0.25) is 0 Å². The summed E-state index contributed by atoms with van der Waals surface area (Å²) in [7, 11) is 1.55. The first kappa shape index (κ1) is 25.5. The van der Waals surface area contributed by atoms with Gasteiger partial charge < -0.3 is 20.5 Å². The van der Waals surface area contributed by atoms with Crippen molar-refractivity contribution in [1.29, 1.82) is 0 Å². The van der Waals surface area contributed by atoms with Crippen molar-refractivity contribution in [1.82, 2.24) is 20.4 Å². The van der Waals surface area contributed by atoms with Gasteiger partial charge in [-0.25, -0.2) is 9.67 Å². The molecular formula is C24H32IN5O2. The van der Waals surface area contributed by atoms with Gasteiger partial charge in [0.25, 0.3) is 0 Å². The fourth-order valence-corrected chi connectivity index (χ4v) is 3.48. The second-order valence-corrected chi connectivity index (χ2v) is 7.31. The van der Waals surface area contributed by atoms with E-state index in [0.29, 0.717) is 25.3 Å². The van der Waals surface area contributed by atoms with Crippen LogP contribution in [-0.4, -0.2) is 41.0 Å². The van der Waals surface area contributed by atoms with Crippen LogP contribution in [0.4, 0.5) is 0 Å². The molecule has 1 aromatic heterocycles. The number of nitrogens with zero attached hydrogens (tertiary/aromatic N) is 3. The first-order valence-electron chi connectivity index (χ1n) is 10.5. The van der Waals surface area contributed by atoms with E-state index in [4.69, 9.17) is 9.73 Å². The Hall–Kier alpha value is -2.75. The largest absolute Gasteiger partial charge is 0.504 e. The molecule has 32 heavy (non-hydrogen) atoms. The van der Waals surface area contributed by atoms with Gasteiger partial charge >= 0.3 is 0 Å². The Kier molecular flexibility index (Phi) is 9.83. The van der Waals surface area contributed by atoms with Crippen LogP contribution in [-0.2, 0) is 13.0 Å². The van der Waals surface area contributed by atoms with Crippen LogP contribution in [0.25, 0.3) is 5.69 Å². The Morgan fingerprint density at radius 3 is 2.53 bits per heavy atom. The van der Waals surface area contributed by atoms with Crippen LogP contribution >= 0.6 is 24.0 Å². The summed E-state index contributed by atoms with van der Waals surface area (Å²) >= 11 is 0. The molecule has 0 saturated heterocycles. The number of aromatic nitrogens is 2. The quantitative estimate of drug-likeness (QED) is 0.224. The van der Waals surface area contributed by atoms with Gasteiger partial charge in [-0.15, -0.1) is 24.0 Å². The Morgan fingerprint density at radius 1 is 1.09 bits per heavy atom. The fourth-order valence-electron chi connectivity index (χ4n) is 3.48. The molecule has 7 nitrogen and oxygen atoms in total. The Morgan fingerprint density at radius 2 is 1.84 bits per heavy atom. The van der Waals surface area contributed by atoms with Crippen LogP contribution in [0.5, 0.6) is 11.5 Å². The highest BCUT2D eigenvalue weighted by atomic mass is 127. The molecule has 3 N–H and O–H groups in total. The maximum absolute atomic E-state index is 10.3. The maximum Gasteiger partial charge on any atom is 0.191 e. The van der Waals surface area contributed by atoms with Crippen molar-refractivity contribution < 1.29 is 9.84 Å². The molecule has 172 valence electrons. The molecule has 0 amide bonds. The van der Waals surface area contributed by atoms with Crippen molar-refractivity contribution in [3.05, 3.63) is 71.0 Å². The molecule has 0 aliphatic carbocycles. The van der Waals surface area contributed by atoms with Crippen molar-refractivity contribution in [2.24, 2.45) is 4.99 Å². The SMILES string of the molecule is CCNC(=NCc1ccccc1-n1nc(C)cc1C)NCCc1cccc(OC)c1O.I. The van der Waals surface area contributed by atoms with Crippen LogP contribution in [0.15, 0.2) is 53.5 Å². The zero-order valence-corrected chi connectivity index (χ0v) is 21.4. The number of hydrogen-bond donors (Lipinski definition) is 3. The highest BCUT2D eigenvalue weighted by molar-refractivity contribution is 14.0. The minimum absolute atomic E-state index is 0. The number of phenolic OH excluding ortho intramolecular Hbond substituents is 1. The van der Waals surface area contributed by atoms with Gasteiger partial charge in [0.15, 0.2) is 17.5 Å². The molecule has 1 heterocycles. The second-order valence-electron chi connectivity index (χ2n) is 7.31. The summed E-state index contributed by atoms with van der Waals surface area (Å²) in [4.78, 5) is 4.76. The number of ether oxygens (including phenoxy) is 1. The summed E-state index contributed by atoms with van der Waals surface area (Å²) in [5, 5.41) is 21.5. The van der Waals surface area contributed by atoms with Gasteiger partial charge in [-0.2, -0.15) is 5.10 Å². The zero-order valence-electron chi connectivity index (χ0n) is 19.1. The van der Waals surface area contributed by atoms with E-state index >= 15 is 0 Å². The van der Waals surface area contributed by atoms with Gasteiger partial charge in [0.1, 0.15) is 0 Å². The number of rotatable bonds is 8. The molecule has 0 spiro atoms. The van der Waals surface area contributed by atoms with E-state index < -0.39 is 0 Å². The normalized spacial score (nSPS) is 11.1. The number of guanidine groups is 1. The van der Waals surface area contributed by atoms with Gasteiger partial charge in [0.05, 0.1) is 25.0 Å². The van der Waals surface area contributed by atoms with Gasteiger partial charge in [-0.05, 0) is 56.5 Å². The fraction of sp³-hybridized carbons (Fsp3) is 0.333. The van der Waals surface area contributed by atoms with Crippen LogP contribution < -0.4 is 15.4 Å². The maximum atomic E-state index is 10.3. The van der Waals surface area contributed by atoms with Crippen molar-refractivity contribution in [2.45, 2.75) is 33.7 Å². The highest BCUT2D eigenvalue weighted by Gasteiger charge is 2.10.